The van der Waals surface area contributed by atoms with Crippen molar-refractivity contribution in [2.75, 3.05) is 6.54 Å². The first-order valence-corrected chi connectivity index (χ1v) is 10.9. The molecule has 0 radical (unpaired) electrons. The zero-order chi connectivity index (χ0) is 22.0. The first kappa shape index (κ1) is 21.3. The standard InChI is InChI=1S/C23H19BrClN3O3/c24-16-8-6-15(7-9-16)21(29)19-20(17-4-1-2-5-18(17)25)28(23(31)22(19)30)12-3-11-27-13-10-26-14-27/h1-2,4-10,13-14,20,29H,3,11-12H2/b21-19+/t20-/m1/s1. The number of halogens is 2. The lowest BCUT2D eigenvalue weighted by atomic mass is 9.95. The van der Waals surface area contributed by atoms with Gasteiger partial charge in [0, 0.05) is 40.5 Å². The van der Waals surface area contributed by atoms with Gasteiger partial charge in [-0.15, -0.1) is 0 Å². The van der Waals surface area contributed by atoms with Gasteiger partial charge in [-0.2, -0.15) is 0 Å². The Kier molecular flexibility index (Phi) is 6.25. The van der Waals surface area contributed by atoms with Crippen molar-refractivity contribution >= 4 is 45.0 Å². The largest absolute Gasteiger partial charge is 0.507 e. The van der Waals surface area contributed by atoms with Crippen LogP contribution in [0.3, 0.4) is 0 Å². The number of hydrogen-bond donors (Lipinski definition) is 1. The number of carbonyl (C=O) groups excluding carboxylic acids is 2. The molecule has 1 amide bonds. The Hall–Kier alpha value is -2.90. The highest BCUT2D eigenvalue weighted by Gasteiger charge is 2.46. The van der Waals surface area contributed by atoms with E-state index >= 15 is 0 Å². The highest BCUT2D eigenvalue weighted by molar-refractivity contribution is 9.10. The fourth-order valence-electron chi connectivity index (χ4n) is 3.74. The van der Waals surface area contributed by atoms with Gasteiger partial charge >= 0.3 is 0 Å². The van der Waals surface area contributed by atoms with Gasteiger partial charge in [-0.05, 0) is 30.2 Å². The quantitative estimate of drug-likeness (QED) is 0.299. The Balaban J connectivity index is 1.75. The predicted octanol–water partition coefficient (Wildman–Crippen LogP) is 4.81. The first-order chi connectivity index (χ1) is 15.0. The third-order valence-electron chi connectivity index (χ3n) is 5.23. The molecule has 8 heteroatoms. The van der Waals surface area contributed by atoms with Crippen molar-refractivity contribution in [2.24, 2.45) is 0 Å². The van der Waals surface area contributed by atoms with Gasteiger partial charge in [0.15, 0.2) is 0 Å². The second-order valence-electron chi connectivity index (χ2n) is 7.17. The van der Waals surface area contributed by atoms with Gasteiger partial charge in [0.25, 0.3) is 11.7 Å². The molecule has 1 aliphatic rings. The van der Waals surface area contributed by atoms with Crippen molar-refractivity contribution in [1.29, 1.82) is 0 Å². The van der Waals surface area contributed by atoms with Crippen LogP contribution in [0.15, 0.2) is 77.3 Å². The number of aromatic nitrogens is 2. The molecule has 1 N–H and O–H groups in total. The SMILES string of the molecule is O=C1C(=O)N(CCCn2ccnc2)[C@H](c2ccccc2Cl)/C1=C(\O)c1ccc(Br)cc1. The predicted molar refractivity (Wildman–Crippen MR) is 121 cm³/mol. The van der Waals surface area contributed by atoms with Gasteiger partial charge in [0.2, 0.25) is 0 Å². The number of ketones is 1. The van der Waals surface area contributed by atoms with Crippen LogP contribution in [0.1, 0.15) is 23.6 Å². The maximum Gasteiger partial charge on any atom is 0.295 e. The van der Waals surface area contributed by atoms with Crippen molar-refractivity contribution < 1.29 is 14.7 Å². The van der Waals surface area contributed by atoms with Crippen LogP contribution in [0.4, 0.5) is 0 Å². The van der Waals surface area contributed by atoms with E-state index in [1.807, 2.05) is 10.8 Å². The van der Waals surface area contributed by atoms with E-state index in [0.717, 1.165) is 4.47 Å². The minimum absolute atomic E-state index is 0.0445. The molecule has 1 fully saturated rings. The number of aliphatic hydroxyl groups excluding tert-OH is 1. The molecule has 1 aromatic heterocycles. The summed E-state index contributed by atoms with van der Waals surface area (Å²) in [6, 6.07) is 13.2. The summed E-state index contributed by atoms with van der Waals surface area (Å²) in [5, 5.41) is 11.5. The van der Waals surface area contributed by atoms with Crippen molar-refractivity contribution in [1.82, 2.24) is 14.5 Å². The lowest BCUT2D eigenvalue weighted by Crippen LogP contribution is -2.31. The van der Waals surface area contributed by atoms with Crippen LogP contribution in [0, 0.1) is 0 Å². The van der Waals surface area contributed by atoms with Crippen LogP contribution < -0.4 is 0 Å². The maximum absolute atomic E-state index is 13.0. The smallest absolute Gasteiger partial charge is 0.295 e. The highest BCUT2D eigenvalue weighted by atomic mass is 79.9. The Morgan fingerprint density at radius 2 is 1.84 bits per heavy atom. The topological polar surface area (TPSA) is 75.4 Å². The van der Waals surface area contributed by atoms with Gasteiger partial charge in [0.05, 0.1) is 17.9 Å². The molecule has 31 heavy (non-hydrogen) atoms. The Labute approximate surface area is 192 Å². The van der Waals surface area contributed by atoms with E-state index in [4.69, 9.17) is 11.6 Å². The monoisotopic (exact) mass is 499 g/mol. The highest BCUT2D eigenvalue weighted by Crippen LogP contribution is 2.41. The molecule has 6 nitrogen and oxygen atoms in total. The summed E-state index contributed by atoms with van der Waals surface area (Å²) in [5.41, 5.74) is 1.10. The third kappa shape index (κ3) is 4.29. The van der Waals surface area contributed by atoms with Crippen LogP contribution in [0.25, 0.3) is 5.76 Å². The normalized spacial score (nSPS) is 18.0. The van der Waals surface area contributed by atoms with E-state index < -0.39 is 17.7 Å². The van der Waals surface area contributed by atoms with E-state index in [2.05, 4.69) is 20.9 Å². The summed E-state index contributed by atoms with van der Waals surface area (Å²) in [7, 11) is 0. The lowest BCUT2D eigenvalue weighted by Gasteiger charge is -2.26. The van der Waals surface area contributed by atoms with Gasteiger partial charge in [-0.25, -0.2) is 4.98 Å². The molecule has 2 aromatic carbocycles. The summed E-state index contributed by atoms with van der Waals surface area (Å²) in [5.74, 6) is -1.57. The fraction of sp³-hybridized carbons (Fsp3) is 0.174. The summed E-state index contributed by atoms with van der Waals surface area (Å²) in [6.07, 6.45) is 5.84. The van der Waals surface area contributed by atoms with Gasteiger partial charge in [0.1, 0.15) is 5.76 Å². The van der Waals surface area contributed by atoms with E-state index in [1.165, 1.54) is 4.90 Å². The summed E-state index contributed by atoms with van der Waals surface area (Å²) in [6.45, 7) is 0.973. The fourth-order valence-corrected chi connectivity index (χ4v) is 4.24. The molecule has 1 atom stereocenters. The van der Waals surface area contributed by atoms with E-state index in [1.54, 1.807) is 61.1 Å². The number of hydrogen-bond acceptors (Lipinski definition) is 4. The van der Waals surface area contributed by atoms with Crippen molar-refractivity contribution in [3.8, 4) is 0 Å². The number of Topliss-reactive ketones (excluding diaryl/α,β-unsaturated/α-hetero) is 1. The van der Waals surface area contributed by atoms with Crippen LogP contribution >= 0.6 is 27.5 Å². The molecule has 0 spiro atoms. The van der Waals surface area contributed by atoms with Crippen LogP contribution in [-0.4, -0.2) is 37.8 Å². The molecule has 3 aromatic rings. The van der Waals surface area contributed by atoms with Gasteiger partial charge < -0.3 is 14.6 Å². The minimum Gasteiger partial charge on any atom is -0.507 e. The van der Waals surface area contributed by atoms with Crippen molar-refractivity contribution in [2.45, 2.75) is 19.0 Å². The zero-order valence-electron chi connectivity index (χ0n) is 16.4. The number of amides is 1. The second-order valence-corrected chi connectivity index (χ2v) is 8.50. The van der Waals surface area contributed by atoms with Gasteiger partial charge in [-0.3, -0.25) is 9.59 Å². The molecule has 1 saturated heterocycles. The minimum atomic E-state index is -0.764. The van der Waals surface area contributed by atoms with Crippen molar-refractivity contribution in [3.05, 3.63) is 93.4 Å². The molecule has 158 valence electrons. The first-order valence-electron chi connectivity index (χ1n) is 9.72. The average Bonchev–Trinajstić information content (AvgIpc) is 3.36. The Bertz CT molecular complexity index is 1140. The number of benzene rings is 2. The van der Waals surface area contributed by atoms with E-state index in [9.17, 15) is 14.7 Å². The molecule has 0 saturated carbocycles. The van der Waals surface area contributed by atoms with Gasteiger partial charge in [-0.1, -0.05) is 57.9 Å². The second kappa shape index (κ2) is 9.08. The number of carbonyl (C=O) groups is 2. The van der Waals surface area contributed by atoms with Crippen LogP contribution in [0.2, 0.25) is 5.02 Å². The third-order valence-corrected chi connectivity index (χ3v) is 6.10. The number of imidazole rings is 1. The summed E-state index contributed by atoms with van der Waals surface area (Å²) < 4.78 is 2.75. The summed E-state index contributed by atoms with van der Waals surface area (Å²) in [4.78, 5) is 31.5. The Morgan fingerprint density at radius 3 is 2.52 bits per heavy atom. The van der Waals surface area contributed by atoms with Crippen LogP contribution in [0.5, 0.6) is 0 Å². The number of aliphatic hydroxyl groups is 1. The van der Waals surface area contributed by atoms with E-state index in [0.29, 0.717) is 35.7 Å². The molecule has 0 aliphatic carbocycles. The Morgan fingerprint density at radius 1 is 1.10 bits per heavy atom. The number of likely N-dealkylation sites (tertiary alicyclic amines) is 1. The average molecular weight is 501 g/mol. The number of rotatable bonds is 6. The molecule has 0 unspecified atom stereocenters. The number of nitrogens with zero attached hydrogens (tertiary/aromatic N) is 3. The molecule has 2 heterocycles. The molecule has 4 rings (SSSR count). The lowest BCUT2D eigenvalue weighted by molar-refractivity contribution is -0.139. The van der Waals surface area contributed by atoms with Crippen LogP contribution in [-0.2, 0) is 16.1 Å². The molecular formula is C23H19BrClN3O3. The van der Waals surface area contributed by atoms with E-state index in [-0.39, 0.29) is 11.3 Å². The zero-order valence-corrected chi connectivity index (χ0v) is 18.8. The molecule has 0 bridgehead atoms. The van der Waals surface area contributed by atoms with Crippen molar-refractivity contribution in [3.63, 3.8) is 0 Å². The maximum atomic E-state index is 13.0. The number of aryl methyl sites for hydroxylation is 1. The molecule has 1 aliphatic heterocycles. The summed E-state index contributed by atoms with van der Waals surface area (Å²) >= 11 is 9.81. The molecular weight excluding hydrogens is 482 g/mol.